The molecule has 23 heavy (non-hydrogen) atoms. The van der Waals surface area contributed by atoms with Crippen LogP contribution in [0.15, 0.2) is 18.2 Å². The molecule has 126 valence electrons. The highest BCUT2D eigenvalue weighted by Crippen LogP contribution is 2.37. The van der Waals surface area contributed by atoms with Crippen LogP contribution >= 0.6 is 11.6 Å². The quantitative estimate of drug-likeness (QED) is 0.911. The molecule has 4 nitrogen and oxygen atoms in total. The van der Waals surface area contributed by atoms with Gasteiger partial charge in [0.1, 0.15) is 0 Å². The summed E-state index contributed by atoms with van der Waals surface area (Å²) in [5.41, 5.74) is -0.911. The zero-order chi connectivity index (χ0) is 17.4. The van der Waals surface area contributed by atoms with Crippen molar-refractivity contribution in [3.8, 4) is 0 Å². The van der Waals surface area contributed by atoms with E-state index in [-0.39, 0.29) is 35.6 Å². The second-order valence-corrected chi connectivity index (χ2v) is 6.14. The van der Waals surface area contributed by atoms with E-state index in [0.29, 0.717) is 0 Å². The van der Waals surface area contributed by atoms with Crippen molar-refractivity contribution in [2.75, 3.05) is 11.4 Å². The maximum atomic E-state index is 12.8. The summed E-state index contributed by atoms with van der Waals surface area (Å²) in [6.07, 6.45) is -4.58. The normalized spacial score (nSPS) is 18.7. The Kier molecular flexibility index (Phi) is 4.89. The van der Waals surface area contributed by atoms with E-state index in [0.717, 1.165) is 23.1 Å². The summed E-state index contributed by atoms with van der Waals surface area (Å²) in [7, 11) is 0. The molecule has 1 aliphatic rings. The Balaban J connectivity index is 2.25. The van der Waals surface area contributed by atoms with E-state index in [1.165, 1.54) is 0 Å². The van der Waals surface area contributed by atoms with Crippen LogP contribution in [0.4, 0.5) is 18.9 Å². The van der Waals surface area contributed by atoms with Crippen LogP contribution < -0.4 is 10.2 Å². The lowest BCUT2D eigenvalue weighted by molar-refractivity contribution is -0.137. The molecule has 1 atom stereocenters. The first-order valence-electron chi connectivity index (χ1n) is 7.07. The van der Waals surface area contributed by atoms with Crippen molar-refractivity contribution in [3.63, 3.8) is 0 Å². The van der Waals surface area contributed by atoms with Gasteiger partial charge >= 0.3 is 6.18 Å². The van der Waals surface area contributed by atoms with Crippen molar-refractivity contribution in [1.29, 1.82) is 0 Å². The highest BCUT2D eigenvalue weighted by Gasteiger charge is 2.38. The fourth-order valence-corrected chi connectivity index (χ4v) is 2.63. The van der Waals surface area contributed by atoms with Gasteiger partial charge in [-0.3, -0.25) is 9.59 Å². The Morgan fingerprint density at radius 3 is 2.61 bits per heavy atom. The number of anilines is 1. The predicted molar refractivity (Wildman–Crippen MR) is 80.2 cm³/mol. The second kappa shape index (κ2) is 6.39. The van der Waals surface area contributed by atoms with E-state index >= 15 is 0 Å². The molecular weight excluding hydrogens is 333 g/mol. The molecule has 0 aromatic heterocycles. The van der Waals surface area contributed by atoms with Crippen LogP contribution in [0.3, 0.4) is 0 Å². The third kappa shape index (κ3) is 3.96. The zero-order valence-electron chi connectivity index (χ0n) is 12.6. The van der Waals surface area contributed by atoms with Gasteiger partial charge in [-0.05, 0) is 32.0 Å². The molecule has 2 amide bonds. The fourth-order valence-electron chi connectivity index (χ4n) is 2.41. The predicted octanol–water partition coefficient (Wildman–Crippen LogP) is 3.24. The molecule has 1 heterocycles. The average molecular weight is 349 g/mol. The molecule has 1 N–H and O–H groups in total. The Hall–Kier alpha value is -1.76. The third-order valence-electron chi connectivity index (χ3n) is 3.49. The first-order chi connectivity index (χ1) is 10.6. The van der Waals surface area contributed by atoms with Gasteiger partial charge in [0.15, 0.2) is 0 Å². The van der Waals surface area contributed by atoms with Crippen LogP contribution in [0.5, 0.6) is 0 Å². The first-order valence-corrected chi connectivity index (χ1v) is 7.45. The number of carbonyl (C=O) groups excluding carboxylic acids is 2. The van der Waals surface area contributed by atoms with Gasteiger partial charge < -0.3 is 10.2 Å². The SMILES string of the molecule is CC(C)NC(=O)C1CC(=O)N(c2cc(C(F)(F)F)ccc2Cl)C1. The molecule has 0 spiro atoms. The third-order valence-corrected chi connectivity index (χ3v) is 3.81. The van der Waals surface area contributed by atoms with Gasteiger partial charge in [-0.2, -0.15) is 13.2 Å². The first kappa shape index (κ1) is 17.6. The largest absolute Gasteiger partial charge is 0.416 e. The molecule has 1 aromatic rings. The minimum atomic E-state index is -4.53. The summed E-state index contributed by atoms with van der Waals surface area (Å²) in [5, 5.41) is 2.73. The van der Waals surface area contributed by atoms with E-state index in [9.17, 15) is 22.8 Å². The van der Waals surface area contributed by atoms with Crippen LogP contribution in [0.25, 0.3) is 0 Å². The van der Waals surface area contributed by atoms with Gasteiger partial charge in [-0.15, -0.1) is 0 Å². The van der Waals surface area contributed by atoms with Gasteiger partial charge in [0.2, 0.25) is 11.8 Å². The van der Waals surface area contributed by atoms with Crippen LogP contribution in [0.1, 0.15) is 25.8 Å². The van der Waals surface area contributed by atoms with E-state index in [2.05, 4.69) is 5.32 Å². The molecular formula is C15H16ClF3N2O2. The molecule has 0 aliphatic carbocycles. The topological polar surface area (TPSA) is 49.4 Å². The van der Waals surface area contributed by atoms with Crippen molar-refractivity contribution in [1.82, 2.24) is 5.32 Å². The number of hydrogen-bond acceptors (Lipinski definition) is 2. The average Bonchev–Trinajstić information content (AvgIpc) is 2.79. The van der Waals surface area contributed by atoms with Gasteiger partial charge in [0.05, 0.1) is 22.2 Å². The Morgan fingerprint density at radius 1 is 1.39 bits per heavy atom. The van der Waals surface area contributed by atoms with Crippen molar-refractivity contribution in [3.05, 3.63) is 28.8 Å². The number of alkyl halides is 3. The van der Waals surface area contributed by atoms with Crippen molar-refractivity contribution < 1.29 is 22.8 Å². The van der Waals surface area contributed by atoms with Crippen LogP contribution in [0, 0.1) is 5.92 Å². The lowest BCUT2D eigenvalue weighted by atomic mass is 10.1. The van der Waals surface area contributed by atoms with Crippen molar-refractivity contribution in [2.24, 2.45) is 5.92 Å². The molecule has 1 aromatic carbocycles. The van der Waals surface area contributed by atoms with Gasteiger partial charge in [-0.1, -0.05) is 11.6 Å². The lowest BCUT2D eigenvalue weighted by Gasteiger charge is -2.20. The molecule has 8 heteroatoms. The standard InChI is InChI=1S/C15H16ClF3N2O2/c1-8(2)20-14(23)9-5-13(22)21(7-9)12-6-10(15(17,18)19)3-4-11(12)16/h3-4,6,8-9H,5,7H2,1-2H3,(H,20,23). The molecule has 1 aliphatic heterocycles. The molecule has 1 fully saturated rings. The number of nitrogens with zero attached hydrogens (tertiary/aromatic N) is 1. The molecule has 2 rings (SSSR count). The summed E-state index contributed by atoms with van der Waals surface area (Å²) in [5.74, 6) is -1.32. The highest BCUT2D eigenvalue weighted by atomic mass is 35.5. The molecule has 1 unspecified atom stereocenters. The maximum absolute atomic E-state index is 12.8. The summed E-state index contributed by atoms with van der Waals surface area (Å²) in [6, 6.07) is 2.72. The Bertz CT molecular complexity index is 632. The Morgan fingerprint density at radius 2 is 2.04 bits per heavy atom. The number of benzene rings is 1. The molecule has 1 saturated heterocycles. The zero-order valence-corrected chi connectivity index (χ0v) is 13.3. The van der Waals surface area contributed by atoms with Crippen LogP contribution in [-0.4, -0.2) is 24.4 Å². The lowest BCUT2D eigenvalue weighted by Crippen LogP contribution is -2.37. The Labute approximate surface area is 136 Å². The number of halogens is 4. The van der Waals surface area contributed by atoms with Crippen molar-refractivity contribution in [2.45, 2.75) is 32.5 Å². The monoisotopic (exact) mass is 348 g/mol. The van der Waals surface area contributed by atoms with Crippen LogP contribution in [0.2, 0.25) is 5.02 Å². The molecule has 0 radical (unpaired) electrons. The van der Waals surface area contributed by atoms with Gasteiger partial charge in [0.25, 0.3) is 0 Å². The summed E-state index contributed by atoms with van der Waals surface area (Å²) in [6.45, 7) is 3.59. The van der Waals surface area contributed by atoms with Gasteiger partial charge in [0, 0.05) is 19.0 Å². The molecule has 0 saturated carbocycles. The summed E-state index contributed by atoms with van der Waals surface area (Å²) >= 11 is 5.94. The number of amides is 2. The van der Waals surface area contributed by atoms with Crippen LogP contribution in [-0.2, 0) is 15.8 Å². The highest BCUT2D eigenvalue weighted by molar-refractivity contribution is 6.34. The minimum absolute atomic E-state index is 0.0123. The number of nitrogens with one attached hydrogen (secondary N) is 1. The van der Waals surface area contributed by atoms with E-state index in [4.69, 9.17) is 11.6 Å². The number of hydrogen-bond donors (Lipinski definition) is 1. The number of carbonyl (C=O) groups is 2. The number of rotatable bonds is 3. The van der Waals surface area contributed by atoms with Crippen molar-refractivity contribution >= 4 is 29.1 Å². The maximum Gasteiger partial charge on any atom is 0.416 e. The minimum Gasteiger partial charge on any atom is -0.354 e. The molecule has 0 bridgehead atoms. The van der Waals surface area contributed by atoms with E-state index in [1.54, 1.807) is 13.8 Å². The van der Waals surface area contributed by atoms with E-state index in [1.807, 2.05) is 0 Å². The second-order valence-electron chi connectivity index (χ2n) is 5.73. The summed E-state index contributed by atoms with van der Waals surface area (Å²) < 4.78 is 38.5. The smallest absolute Gasteiger partial charge is 0.354 e. The van der Waals surface area contributed by atoms with Gasteiger partial charge in [-0.25, -0.2) is 0 Å². The fraction of sp³-hybridized carbons (Fsp3) is 0.467. The summed E-state index contributed by atoms with van der Waals surface area (Å²) in [4.78, 5) is 25.2. The van der Waals surface area contributed by atoms with E-state index < -0.39 is 23.6 Å².